The van der Waals surface area contributed by atoms with Crippen LogP contribution in [-0.4, -0.2) is 17.4 Å². The average Bonchev–Trinajstić information content (AvgIpc) is 2.29. The molecule has 0 aliphatic heterocycles. The molecule has 0 aromatic carbocycles. The molecule has 0 saturated heterocycles. The van der Waals surface area contributed by atoms with Crippen molar-refractivity contribution in [2.24, 2.45) is 0 Å². The molecule has 1 aromatic rings. The predicted octanol–water partition coefficient (Wildman–Crippen LogP) is 3.05. The molecule has 1 rings (SSSR count). The molecule has 0 spiro atoms. The molecule has 3 nitrogen and oxygen atoms in total. The number of nitrogens with one attached hydrogen (secondary N) is 1. The fourth-order valence-corrected chi connectivity index (χ4v) is 1.61. The van der Waals surface area contributed by atoms with Crippen molar-refractivity contribution in [3.05, 3.63) is 29.0 Å². The molecule has 1 heterocycles. The lowest BCUT2D eigenvalue weighted by Gasteiger charge is -2.05. The van der Waals surface area contributed by atoms with Crippen LogP contribution in [0.4, 0.5) is 0 Å². The van der Waals surface area contributed by atoms with Gasteiger partial charge in [0.05, 0.1) is 10.6 Å². The Hall–Kier alpha value is -1.09. The molecule has 4 heteroatoms. The molecule has 0 fully saturated rings. The first-order valence-electron chi connectivity index (χ1n) is 5.63. The van der Waals surface area contributed by atoms with Crippen LogP contribution in [-0.2, 0) is 0 Å². The summed E-state index contributed by atoms with van der Waals surface area (Å²) in [5.74, 6) is -0.121. The number of hydrogen-bond acceptors (Lipinski definition) is 2. The van der Waals surface area contributed by atoms with Crippen molar-refractivity contribution in [3.8, 4) is 0 Å². The Morgan fingerprint density at radius 1 is 1.44 bits per heavy atom. The largest absolute Gasteiger partial charge is 0.352 e. The van der Waals surface area contributed by atoms with E-state index in [1.807, 2.05) is 0 Å². The number of carbonyl (C=O) groups excluding carboxylic acids is 1. The van der Waals surface area contributed by atoms with Crippen molar-refractivity contribution in [2.75, 3.05) is 6.54 Å². The third-order valence-corrected chi connectivity index (χ3v) is 2.63. The summed E-state index contributed by atoms with van der Waals surface area (Å²) in [4.78, 5) is 15.5. The van der Waals surface area contributed by atoms with Crippen LogP contribution in [0.3, 0.4) is 0 Å². The molecule has 0 atom stereocenters. The third kappa shape index (κ3) is 4.19. The number of carbonyl (C=O) groups is 1. The number of unbranched alkanes of at least 4 members (excludes halogenated alkanes) is 3. The quantitative estimate of drug-likeness (QED) is 0.777. The second kappa shape index (κ2) is 7.23. The highest BCUT2D eigenvalue weighted by Gasteiger charge is 2.08. The maximum absolute atomic E-state index is 11.7. The van der Waals surface area contributed by atoms with Gasteiger partial charge in [-0.3, -0.25) is 9.78 Å². The normalized spacial score (nSPS) is 10.1. The van der Waals surface area contributed by atoms with E-state index in [0.717, 1.165) is 12.8 Å². The van der Waals surface area contributed by atoms with Crippen molar-refractivity contribution in [2.45, 2.75) is 32.6 Å². The van der Waals surface area contributed by atoms with Gasteiger partial charge in [0.15, 0.2) is 0 Å². The predicted molar refractivity (Wildman–Crippen MR) is 65.7 cm³/mol. The number of aromatic nitrogens is 1. The van der Waals surface area contributed by atoms with Gasteiger partial charge >= 0.3 is 0 Å². The van der Waals surface area contributed by atoms with E-state index in [0.29, 0.717) is 17.1 Å². The van der Waals surface area contributed by atoms with Gasteiger partial charge < -0.3 is 5.32 Å². The first-order chi connectivity index (χ1) is 7.75. The highest BCUT2D eigenvalue weighted by molar-refractivity contribution is 6.33. The molecule has 0 aliphatic rings. The molecular formula is C12H17ClN2O. The Labute approximate surface area is 101 Å². The summed E-state index contributed by atoms with van der Waals surface area (Å²) in [5.41, 5.74) is 0.493. The van der Waals surface area contributed by atoms with E-state index in [2.05, 4.69) is 17.2 Å². The van der Waals surface area contributed by atoms with Gasteiger partial charge in [-0.25, -0.2) is 0 Å². The minimum atomic E-state index is -0.121. The number of hydrogen-bond donors (Lipinski definition) is 1. The molecule has 88 valence electrons. The van der Waals surface area contributed by atoms with Crippen LogP contribution in [0.15, 0.2) is 18.5 Å². The number of rotatable bonds is 6. The monoisotopic (exact) mass is 240 g/mol. The van der Waals surface area contributed by atoms with E-state index < -0.39 is 0 Å². The summed E-state index contributed by atoms with van der Waals surface area (Å²) in [7, 11) is 0. The highest BCUT2D eigenvalue weighted by atomic mass is 35.5. The van der Waals surface area contributed by atoms with Gasteiger partial charge in [-0.1, -0.05) is 37.8 Å². The zero-order valence-corrected chi connectivity index (χ0v) is 10.3. The van der Waals surface area contributed by atoms with Gasteiger partial charge in [-0.15, -0.1) is 0 Å². The minimum absolute atomic E-state index is 0.121. The van der Waals surface area contributed by atoms with Crippen LogP contribution < -0.4 is 5.32 Å². The Morgan fingerprint density at radius 3 is 2.94 bits per heavy atom. The fourth-order valence-electron chi connectivity index (χ4n) is 1.41. The minimum Gasteiger partial charge on any atom is -0.352 e. The van der Waals surface area contributed by atoms with Gasteiger partial charge in [0.2, 0.25) is 0 Å². The van der Waals surface area contributed by atoms with Crippen LogP contribution in [0.1, 0.15) is 43.0 Å². The van der Waals surface area contributed by atoms with Gasteiger partial charge in [0, 0.05) is 18.9 Å². The summed E-state index contributed by atoms with van der Waals surface area (Å²) < 4.78 is 0. The fraction of sp³-hybridized carbons (Fsp3) is 0.500. The van der Waals surface area contributed by atoms with Crippen LogP contribution in [0.5, 0.6) is 0 Å². The van der Waals surface area contributed by atoms with E-state index in [4.69, 9.17) is 11.6 Å². The molecule has 0 aliphatic carbocycles. The Morgan fingerprint density at radius 2 is 2.25 bits per heavy atom. The molecule has 0 radical (unpaired) electrons. The Bertz CT molecular complexity index is 342. The number of nitrogens with zero attached hydrogens (tertiary/aromatic N) is 1. The lowest BCUT2D eigenvalue weighted by Crippen LogP contribution is -2.24. The molecule has 1 aromatic heterocycles. The molecular weight excluding hydrogens is 224 g/mol. The van der Waals surface area contributed by atoms with Gasteiger partial charge in [-0.05, 0) is 12.5 Å². The summed E-state index contributed by atoms with van der Waals surface area (Å²) in [5, 5.41) is 3.24. The number of halogens is 1. The summed E-state index contributed by atoms with van der Waals surface area (Å²) in [6, 6.07) is 1.63. The standard InChI is InChI=1S/C12H17ClN2O/c1-2-3-4-5-7-15-12(16)10-6-8-14-9-11(10)13/h6,8-9H,2-5,7H2,1H3,(H,15,16). The molecule has 1 amide bonds. The topological polar surface area (TPSA) is 42.0 Å². The second-order valence-corrected chi connectivity index (χ2v) is 4.08. The second-order valence-electron chi connectivity index (χ2n) is 3.67. The van der Waals surface area contributed by atoms with Crippen molar-refractivity contribution in [1.29, 1.82) is 0 Å². The molecule has 0 bridgehead atoms. The Balaban J connectivity index is 2.33. The van der Waals surface area contributed by atoms with Crippen molar-refractivity contribution >= 4 is 17.5 Å². The van der Waals surface area contributed by atoms with Crippen LogP contribution in [0.25, 0.3) is 0 Å². The first kappa shape index (κ1) is 13.0. The third-order valence-electron chi connectivity index (χ3n) is 2.33. The average molecular weight is 241 g/mol. The van der Waals surface area contributed by atoms with Crippen molar-refractivity contribution in [3.63, 3.8) is 0 Å². The van der Waals surface area contributed by atoms with E-state index in [1.54, 1.807) is 12.3 Å². The van der Waals surface area contributed by atoms with Gasteiger partial charge in [-0.2, -0.15) is 0 Å². The first-order valence-corrected chi connectivity index (χ1v) is 6.01. The lowest BCUT2D eigenvalue weighted by molar-refractivity contribution is 0.0953. The summed E-state index contributed by atoms with van der Waals surface area (Å²) in [6.07, 6.45) is 7.63. The number of pyridine rings is 1. The highest BCUT2D eigenvalue weighted by Crippen LogP contribution is 2.12. The molecule has 1 N–H and O–H groups in total. The Kier molecular flexibility index (Phi) is 5.86. The molecule has 0 unspecified atom stereocenters. The maximum Gasteiger partial charge on any atom is 0.252 e. The number of amides is 1. The molecule has 0 saturated carbocycles. The van der Waals surface area contributed by atoms with E-state index in [9.17, 15) is 4.79 Å². The van der Waals surface area contributed by atoms with E-state index in [1.165, 1.54) is 19.0 Å². The summed E-state index contributed by atoms with van der Waals surface area (Å²) in [6.45, 7) is 2.87. The van der Waals surface area contributed by atoms with Gasteiger partial charge in [0.25, 0.3) is 5.91 Å². The zero-order valence-electron chi connectivity index (χ0n) is 9.50. The van der Waals surface area contributed by atoms with E-state index >= 15 is 0 Å². The van der Waals surface area contributed by atoms with Crippen LogP contribution in [0.2, 0.25) is 5.02 Å². The van der Waals surface area contributed by atoms with Crippen molar-refractivity contribution in [1.82, 2.24) is 10.3 Å². The summed E-state index contributed by atoms with van der Waals surface area (Å²) >= 11 is 5.86. The smallest absolute Gasteiger partial charge is 0.252 e. The molecule has 16 heavy (non-hydrogen) atoms. The van der Waals surface area contributed by atoms with Crippen molar-refractivity contribution < 1.29 is 4.79 Å². The maximum atomic E-state index is 11.7. The van der Waals surface area contributed by atoms with Gasteiger partial charge in [0.1, 0.15) is 0 Å². The van der Waals surface area contributed by atoms with E-state index in [-0.39, 0.29) is 5.91 Å². The SMILES string of the molecule is CCCCCCNC(=O)c1ccncc1Cl. The lowest BCUT2D eigenvalue weighted by atomic mass is 10.2. The van der Waals surface area contributed by atoms with Crippen LogP contribution >= 0.6 is 11.6 Å². The zero-order chi connectivity index (χ0) is 11.8. The van der Waals surface area contributed by atoms with Crippen LogP contribution in [0, 0.1) is 0 Å².